The molecular formula is C29H36ClN3O. The molecule has 0 bridgehead atoms. The van der Waals surface area contributed by atoms with Crippen molar-refractivity contribution in [1.82, 2.24) is 15.1 Å². The third-order valence-corrected chi connectivity index (χ3v) is 7.31. The summed E-state index contributed by atoms with van der Waals surface area (Å²) < 4.78 is 5.60. The summed E-state index contributed by atoms with van der Waals surface area (Å²) in [7, 11) is 1.75. The van der Waals surface area contributed by atoms with Crippen molar-refractivity contribution in [3.8, 4) is 5.75 Å². The molecule has 0 aliphatic carbocycles. The average molecular weight is 478 g/mol. The van der Waals surface area contributed by atoms with Crippen molar-refractivity contribution in [2.45, 2.75) is 51.6 Å². The molecule has 34 heavy (non-hydrogen) atoms. The lowest BCUT2D eigenvalue weighted by molar-refractivity contribution is 0.0195. The number of benzene rings is 3. The lowest BCUT2D eigenvalue weighted by atomic mass is 9.91. The van der Waals surface area contributed by atoms with Crippen LogP contribution in [0.15, 0.2) is 72.8 Å². The monoisotopic (exact) mass is 477 g/mol. The van der Waals surface area contributed by atoms with Crippen molar-refractivity contribution in [1.29, 1.82) is 0 Å². The van der Waals surface area contributed by atoms with E-state index in [0.717, 1.165) is 38.5 Å². The van der Waals surface area contributed by atoms with Gasteiger partial charge in [0, 0.05) is 44.8 Å². The Morgan fingerprint density at radius 3 is 2.41 bits per heavy atom. The molecule has 1 N–H and O–H groups in total. The predicted octanol–water partition coefficient (Wildman–Crippen LogP) is 5.40. The van der Waals surface area contributed by atoms with E-state index in [0.29, 0.717) is 12.1 Å². The lowest BCUT2D eigenvalue weighted by Crippen LogP contribution is -2.56. The van der Waals surface area contributed by atoms with Crippen LogP contribution in [0.4, 0.5) is 0 Å². The van der Waals surface area contributed by atoms with E-state index < -0.39 is 0 Å². The number of methoxy groups -OCH3 is 1. The molecule has 180 valence electrons. The fraction of sp³-hybridized carbons (Fsp3) is 0.379. The van der Waals surface area contributed by atoms with Crippen LogP contribution < -0.4 is 10.1 Å². The van der Waals surface area contributed by atoms with Crippen LogP contribution in [-0.2, 0) is 19.6 Å². The molecule has 3 aromatic carbocycles. The van der Waals surface area contributed by atoms with Crippen molar-refractivity contribution in [2.24, 2.45) is 0 Å². The fourth-order valence-corrected chi connectivity index (χ4v) is 5.49. The number of hydrogen-bond acceptors (Lipinski definition) is 4. The highest BCUT2D eigenvalue weighted by Gasteiger charge is 2.35. The highest BCUT2D eigenvalue weighted by molar-refractivity contribution is 5.85. The Hall–Kier alpha value is -2.37. The molecular weight excluding hydrogens is 442 g/mol. The first-order valence-corrected chi connectivity index (χ1v) is 12.1. The number of rotatable bonds is 6. The second-order valence-electron chi connectivity index (χ2n) is 9.62. The largest absolute Gasteiger partial charge is 0.497 e. The maximum Gasteiger partial charge on any atom is 0.119 e. The SMILES string of the molecule is COc1cccc([C@@H](c2ccc3c(c2)CNC3)N2C[C@@H](C)N(Cc3ccccc3)C[C@@H]2C)c1.Cl. The molecule has 0 aromatic heterocycles. The predicted molar refractivity (Wildman–Crippen MR) is 142 cm³/mol. The van der Waals surface area contributed by atoms with E-state index in [1.165, 1.54) is 27.8 Å². The van der Waals surface area contributed by atoms with Gasteiger partial charge in [0.25, 0.3) is 0 Å². The van der Waals surface area contributed by atoms with Crippen LogP contribution in [0.5, 0.6) is 5.75 Å². The van der Waals surface area contributed by atoms with Gasteiger partial charge in [0.2, 0.25) is 0 Å². The number of nitrogens with zero attached hydrogens (tertiary/aromatic N) is 2. The Kier molecular flexibility index (Phi) is 7.95. The van der Waals surface area contributed by atoms with Gasteiger partial charge in [-0.2, -0.15) is 0 Å². The highest BCUT2D eigenvalue weighted by Crippen LogP contribution is 2.36. The normalized spacial score (nSPS) is 21.5. The van der Waals surface area contributed by atoms with Crippen LogP contribution >= 0.6 is 12.4 Å². The summed E-state index contributed by atoms with van der Waals surface area (Å²) in [6.07, 6.45) is 0. The van der Waals surface area contributed by atoms with E-state index in [1.54, 1.807) is 7.11 Å². The Labute approximate surface area is 210 Å². The molecule has 0 amide bonds. The lowest BCUT2D eigenvalue weighted by Gasteiger charge is -2.48. The minimum Gasteiger partial charge on any atom is -0.497 e. The fourth-order valence-electron chi connectivity index (χ4n) is 5.49. The molecule has 3 atom stereocenters. The number of halogens is 1. The Morgan fingerprint density at radius 1 is 0.853 bits per heavy atom. The summed E-state index contributed by atoms with van der Waals surface area (Å²) in [5, 5.41) is 3.50. The molecule has 2 aliphatic rings. The van der Waals surface area contributed by atoms with Crippen LogP contribution in [0, 0.1) is 0 Å². The number of nitrogens with one attached hydrogen (secondary N) is 1. The van der Waals surface area contributed by atoms with Gasteiger partial charge in [-0.05, 0) is 53.8 Å². The standard InChI is InChI=1S/C29H35N3O.ClH/c1-21-19-32(22(2)18-31(21)20-23-8-5-4-6-9-23)29(24-10-7-11-28(15-24)33-3)25-12-13-26-16-30-17-27(26)14-25;/h4-15,21-22,29-30H,16-20H2,1-3H3;1H/t21-,22+,29+;/m1./s1. The van der Waals surface area contributed by atoms with Crippen molar-refractivity contribution >= 4 is 12.4 Å². The molecule has 4 nitrogen and oxygen atoms in total. The summed E-state index contributed by atoms with van der Waals surface area (Å²) in [5.41, 5.74) is 6.93. The molecule has 0 radical (unpaired) electrons. The van der Waals surface area contributed by atoms with E-state index in [9.17, 15) is 0 Å². The zero-order valence-corrected chi connectivity index (χ0v) is 21.2. The number of piperazine rings is 1. The summed E-state index contributed by atoms with van der Waals surface area (Å²) >= 11 is 0. The molecule has 0 saturated carbocycles. The first-order valence-electron chi connectivity index (χ1n) is 12.1. The summed E-state index contributed by atoms with van der Waals surface area (Å²) in [5.74, 6) is 0.920. The third-order valence-electron chi connectivity index (χ3n) is 7.31. The Morgan fingerprint density at radius 2 is 1.62 bits per heavy atom. The van der Waals surface area contributed by atoms with Crippen molar-refractivity contribution in [3.05, 3.63) is 101 Å². The second-order valence-corrected chi connectivity index (χ2v) is 9.62. The van der Waals surface area contributed by atoms with Gasteiger partial charge in [-0.15, -0.1) is 12.4 Å². The van der Waals surface area contributed by atoms with Gasteiger partial charge in [-0.25, -0.2) is 0 Å². The van der Waals surface area contributed by atoms with Gasteiger partial charge < -0.3 is 10.1 Å². The van der Waals surface area contributed by atoms with Gasteiger partial charge in [0.1, 0.15) is 5.75 Å². The van der Waals surface area contributed by atoms with E-state index in [4.69, 9.17) is 4.74 Å². The molecule has 5 rings (SSSR count). The number of fused-ring (bicyclic) bond motifs is 1. The maximum absolute atomic E-state index is 5.60. The first-order chi connectivity index (χ1) is 16.1. The molecule has 0 unspecified atom stereocenters. The minimum absolute atomic E-state index is 0. The topological polar surface area (TPSA) is 27.7 Å². The zero-order valence-electron chi connectivity index (χ0n) is 20.4. The molecule has 3 aromatic rings. The smallest absolute Gasteiger partial charge is 0.119 e. The highest BCUT2D eigenvalue weighted by atomic mass is 35.5. The van der Waals surface area contributed by atoms with E-state index in [-0.39, 0.29) is 18.4 Å². The van der Waals surface area contributed by atoms with Gasteiger partial charge in [-0.1, -0.05) is 60.7 Å². The van der Waals surface area contributed by atoms with Crippen LogP contribution in [0.1, 0.15) is 47.7 Å². The van der Waals surface area contributed by atoms with Crippen molar-refractivity contribution in [2.75, 3.05) is 20.2 Å². The quantitative estimate of drug-likeness (QED) is 0.514. The van der Waals surface area contributed by atoms with Gasteiger partial charge in [0.05, 0.1) is 13.2 Å². The van der Waals surface area contributed by atoms with E-state index in [1.807, 2.05) is 6.07 Å². The maximum atomic E-state index is 5.60. The van der Waals surface area contributed by atoms with Crippen LogP contribution in [0.25, 0.3) is 0 Å². The van der Waals surface area contributed by atoms with Gasteiger partial charge in [-0.3, -0.25) is 9.80 Å². The van der Waals surface area contributed by atoms with Crippen LogP contribution in [0.2, 0.25) is 0 Å². The van der Waals surface area contributed by atoms with Crippen molar-refractivity contribution in [3.63, 3.8) is 0 Å². The minimum atomic E-state index is 0. The molecule has 2 aliphatic heterocycles. The first kappa shape index (κ1) is 24.7. The van der Waals surface area contributed by atoms with Crippen LogP contribution in [0.3, 0.4) is 0 Å². The molecule has 1 fully saturated rings. The molecule has 5 heteroatoms. The molecule has 2 heterocycles. The van der Waals surface area contributed by atoms with Gasteiger partial charge in [0.15, 0.2) is 0 Å². The summed E-state index contributed by atoms with van der Waals surface area (Å²) in [6, 6.07) is 27.7. The Bertz CT molecular complexity index is 1090. The number of ether oxygens (including phenoxy) is 1. The zero-order chi connectivity index (χ0) is 22.8. The average Bonchev–Trinajstić information content (AvgIpc) is 3.31. The van der Waals surface area contributed by atoms with Gasteiger partial charge >= 0.3 is 0 Å². The summed E-state index contributed by atoms with van der Waals surface area (Å²) in [4.78, 5) is 5.33. The second kappa shape index (κ2) is 10.9. The van der Waals surface area contributed by atoms with E-state index >= 15 is 0 Å². The Balaban J connectivity index is 0.00000274. The molecule has 0 spiro atoms. The third kappa shape index (κ3) is 5.16. The molecule has 1 saturated heterocycles. The van der Waals surface area contributed by atoms with Crippen LogP contribution in [-0.4, -0.2) is 42.1 Å². The van der Waals surface area contributed by atoms with Crippen molar-refractivity contribution < 1.29 is 4.74 Å². The number of hydrogen-bond donors (Lipinski definition) is 1. The van der Waals surface area contributed by atoms with E-state index in [2.05, 4.69) is 95.7 Å². The summed E-state index contributed by atoms with van der Waals surface area (Å²) in [6.45, 7) is 9.79.